The molecule has 2 fully saturated rings. The lowest BCUT2D eigenvalue weighted by molar-refractivity contribution is 0.0831. The lowest BCUT2D eigenvalue weighted by atomic mass is 9.90. The Labute approximate surface area is 171 Å². The topological polar surface area (TPSA) is 70.7 Å². The van der Waals surface area contributed by atoms with Gasteiger partial charge in [0.1, 0.15) is 5.82 Å². The molecule has 2 aromatic rings. The second kappa shape index (κ2) is 10.2. The van der Waals surface area contributed by atoms with Gasteiger partial charge in [-0.1, -0.05) is 19.3 Å². The minimum absolute atomic E-state index is 0.112. The standard InChI is InChI=1S/C18H26N4O3.C3H7F/c1-21-17(23)15-11-19-16(14-7-9-24-10-8-14)22(15)20-18(21)25-12-13-5-3-2-4-6-13;1-3(2)4/h11,13-14H,2-10,12H2,1H3;3H,1-2H3. The van der Waals surface area contributed by atoms with Crippen molar-refractivity contribution in [3.05, 3.63) is 22.4 Å². The van der Waals surface area contributed by atoms with Gasteiger partial charge in [0.05, 0.1) is 19.0 Å². The molecule has 1 aliphatic heterocycles. The van der Waals surface area contributed by atoms with Crippen molar-refractivity contribution in [1.82, 2.24) is 19.2 Å². The number of alkyl halides is 1. The zero-order valence-corrected chi connectivity index (χ0v) is 17.8. The zero-order valence-electron chi connectivity index (χ0n) is 17.8. The molecule has 29 heavy (non-hydrogen) atoms. The van der Waals surface area contributed by atoms with Crippen LogP contribution < -0.4 is 10.3 Å². The van der Waals surface area contributed by atoms with Crippen molar-refractivity contribution in [3.8, 4) is 6.01 Å². The highest BCUT2D eigenvalue weighted by Crippen LogP contribution is 2.26. The number of halogens is 1. The molecule has 0 aromatic carbocycles. The third-order valence-corrected chi connectivity index (χ3v) is 5.52. The lowest BCUT2D eigenvalue weighted by Crippen LogP contribution is -2.26. The Morgan fingerprint density at radius 3 is 2.52 bits per heavy atom. The zero-order chi connectivity index (χ0) is 20.8. The number of hydrogen-bond donors (Lipinski definition) is 0. The van der Waals surface area contributed by atoms with Crippen molar-refractivity contribution in [2.75, 3.05) is 19.8 Å². The van der Waals surface area contributed by atoms with E-state index in [1.54, 1.807) is 17.8 Å². The molecule has 4 rings (SSSR count). The second-order valence-electron chi connectivity index (χ2n) is 8.28. The number of fused-ring (bicyclic) bond motifs is 1. The molecule has 1 saturated carbocycles. The Morgan fingerprint density at radius 2 is 1.86 bits per heavy atom. The molecule has 1 aliphatic carbocycles. The smallest absolute Gasteiger partial charge is 0.316 e. The molecule has 3 heterocycles. The predicted octanol–water partition coefficient (Wildman–Crippen LogP) is 3.65. The molecule has 1 saturated heterocycles. The van der Waals surface area contributed by atoms with Gasteiger partial charge >= 0.3 is 6.01 Å². The summed E-state index contributed by atoms with van der Waals surface area (Å²) in [5, 5.41) is 4.61. The molecule has 7 nitrogen and oxygen atoms in total. The summed E-state index contributed by atoms with van der Waals surface area (Å²) in [6.45, 7) is 5.10. The van der Waals surface area contributed by atoms with Crippen LogP contribution in [0.3, 0.4) is 0 Å². The van der Waals surface area contributed by atoms with Crippen molar-refractivity contribution < 1.29 is 13.9 Å². The Morgan fingerprint density at radius 1 is 1.21 bits per heavy atom. The van der Waals surface area contributed by atoms with E-state index in [-0.39, 0.29) is 11.5 Å². The van der Waals surface area contributed by atoms with E-state index in [0.717, 1.165) is 31.9 Å². The van der Waals surface area contributed by atoms with E-state index in [2.05, 4.69) is 10.1 Å². The molecule has 2 aromatic heterocycles. The average Bonchev–Trinajstić information content (AvgIpc) is 3.14. The number of aromatic nitrogens is 4. The molecule has 0 N–H and O–H groups in total. The van der Waals surface area contributed by atoms with E-state index in [1.807, 2.05) is 0 Å². The van der Waals surface area contributed by atoms with Crippen LogP contribution in [0.1, 0.15) is 70.5 Å². The fourth-order valence-electron chi connectivity index (χ4n) is 3.93. The summed E-state index contributed by atoms with van der Waals surface area (Å²) < 4.78 is 25.6. The van der Waals surface area contributed by atoms with Crippen molar-refractivity contribution in [1.29, 1.82) is 0 Å². The van der Waals surface area contributed by atoms with Crippen LogP contribution in [0.15, 0.2) is 11.0 Å². The van der Waals surface area contributed by atoms with Crippen LogP contribution in [-0.2, 0) is 11.8 Å². The third kappa shape index (κ3) is 5.56. The van der Waals surface area contributed by atoms with Crippen molar-refractivity contribution in [2.24, 2.45) is 13.0 Å². The van der Waals surface area contributed by atoms with E-state index in [0.29, 0.717) is 24.1 Å². The highest BCUT2D eigenvalue weighted by molar-refractivity contribution is 5.43. The summed E-state index contributed by atoms with van der Waals surface area (Å²) in [5.41, 5.74) is 0.397. The number of rotatable bonds is 4. The summed E-state index contributed by atoms with van der Waals surface area (Å²) >= 11 is 0. The van der Waals surface area contributed by atoms with E-state index in [1.165, 1.54) is 50.5 Å². The second-order valence-corrected chi connectivity index (χ2v) is 8.28. The van der Waals surface area contributed by atoms with Gasteiger partial charge in [-0.3, -0.25) is 9.36 Å². The highest BCUT2D eigenvalue weighted by Gasteiger charge is 2.23. The summed E-state index contributed by atoms with van der Waals surface area (Å²) in [6, 6.07) is 0.384. The SMILES string of the molecule is CC(C)F.Cn1c(OCC2CCCCC2)nn2c(C3CCOCC3)ncc2c1=O. The molecule has 162 valence electrons. The monoisotopic (exact) mass is 408 g/mol. The van der Waals surface area contributed by atoms with Crippen LogP contribution in [0.2, 0.25) is 0 Å². The van der Waals surface area contributed by atoms with Gasteiger partial charge in [-0.25, -0.2) is 13.9 Å². The highest BCUT2D eigenvalue weighted by atomic mass is 19.1. The van der Waals surface area contributed by atoms with Gasteiger partial charge < -0.3 is 9.47 Å². The van der Waals surface area contributed by atoms with Crippen LogP contribution in [-0.4, -0.2) is 45.2 Å². The molecular formula is C21H33FN4O3. The van der Waals surface area contributed by atoms with E-state index >= 15 is 0 Å². The van der Waals surface area contributed by atoms with E-state index < -0.39 is 6.17 Å². The number of hydrogen-bond acceptors (Lipinski definition) is 5. The van der Waals surface area contributed by atoms with Crippen LogP contribution >= 0.6 is 0 Å². The molecular weight excluding hydrogens is 375 g/mol. The third-order valence-electron chi connectivity index (χ3n) is 5.52. The Balaban J connectivity index is 0.000000552. The Hall–Kier alpha value is -1.96. The summed E-state index contributed by atoms with van der Waals surface area (Å²) in [4.78, 5) is 17.1. The summed E-state index contributed by atoms with van der Waals surface area (Å²) in [5.74, 6) is 1.69. The van der Waals surface area contributed by atoms with Crippen LogP contribution in [0, 0.1) is 5.92 Å². The minimum atomic E-state index is -0.667. The average molecular weight is 409 g/mol. The van der Waals surface area contributed by atoms with Gasteiger partial charge in [0.15, 0.2) is 5.52 Å². The number of imidazole rings is 1. The van der Waals surface area contributed by atoms with Crippen LogP contribution in [0.5, 0.6) is 6.01 Å². The first kappa shape index (κ1) is 21.7. The van der Waals surface area contributed by atoms with Gasteiger partial charge in [-0.15, -0.1) is 5.10 Å². The largest absolute Gasteiger partial charge is 0.463 e. The minimum Gasteiger partial charge on any atom is -0.463 e. The van der Waals surface area contributed by atoms with E-state index in [9.17, 15) is 9.18 Å². The molecule has 0 atom stereocenters. The lowest BCUT2D eigenvalue weighted by Gasteiger charge is -2.22. The molecule has 2 aliphatic rings. The molecule has 0 spiro atoms. The van der Waals surface area contributed by atoms with Crippen LogP contribution in [0.25, 0.3) is 5.52 Å². The quantitative estimate of drug-likeness (QED) is 0.772. The fraction of sp³-hybridized carbons (Fsp3) is 0.762. The van der Waals surface area contributed by atoms with Gasteiger partial charge in [-0.2, -0.15) is 0 Å². The first-order valence-electron chi connectivity index (χ1n) is 10.8. The first-order chi connectivity index (χ1) is 14.0. The molecule has 8 heteroatoms. The van der Waals surface area contributed by atoms with E-state index in [4.69, 9.17) is 9.47 Å². The number of ether oxygens (including phenoxy) is 2. The maximum atomic E-state index is 12.7. The Kier molecular flexibility index (Phi) is 7.64. The van der Waals surface area contributed by atoms with Gasteiger partial charge in [-0.05, 0) is 45.4 Å². The summed E-state index contributed by atoms with van der Waals surface area (Å²) in [7, 11) is 1.71. The molecule has 0 unspecified atom stereocenters. The van der Waals surface area contributed by atoms with Gasteiger partial charge in [0, 0.05) is 26.2 Å². The molecule has 0 amide bonds. The van der Waals surface area contributed by atoms with Crippen molar-refractivity contribution >= 4 is 5.52 Å². The van der Waals surface area contributed by atoms with Gasteiger partial charge in [0.2, 0.25) is 0 Å². The maximum Gasteiger partial charge on any atom is 0.316 e. The first-order valence-corrected chi connectivity index (χ1v) is 10.8. The van der Waals surface area contributed by atoms with Crippen LogP contribution in [0.4, 0.5) is 4.39 Å². The summed E-state index contributed by atoms with van der Waals surface area (Å²) in [6.07, 6.45) is 9.06. The van der Waals surface area contributed by atoms with Gasteiger partial charge in [0.25, 0.3) is 5.56 Å². The Bertz CT molecular complexity index is 834. The molecule has 0 bridgehead atoms. The molecule has 0 radical (unpaired) electrons. The van der Waals surface area contributed by atoms with Crippen molar-refractivity contribution in [2.45, 2.75) is 70.9 Å². The van der Waals surface area contributed by atoms with Crippen molar-refractivity contribution in [3.63, 3.8) is 0 Å². The number of nitrogens with zero attached hydrogens (tertiary/aromatic N) is 4. The maximum absolute atomic E-state index is 12.7. The normalized spacial score (nSPS) is 18.7. The fourth-order valence-corrected chi connectivity index (χ4v) is 3.93. The predicted molar refractivity (Wildman–Crippen MR) is 109 cm³/mol.